The van der Waals surface area contributed by atoms with Crippen molar-refractivity contribution < 1.29 is 4.74 Å². The highest BCUT2D eigenvalue weighted by molar-refractivity contribution is 5.43. The third-order valence-corrected chi connectivity index (χ3v) is 3.29. The predicted molar refractivity (Wildman–Crippen MR) is 78.7 cm³/mol. The normalized spacial score (nSPS) is 18.6. The van der Waals surface area contributed by atoms with E-state index in [1.807, 2.05) is 4.90 Å². The number of aromatic nitrogens is 3. The van der Waals surface area contributed by atoms with Crippen LogP contribution in [0.4, 0.5) is 17.8 Å². The molecule has 1 unspecified atom stereocenters. The lowest BCUT2D eigenvalue weighted by Crippen LogP contribution is -2.32. The second-order valence-corrected chi connectivity index (χ2v) is 4.66. The molecule has 0 bridgehead atoms. The summed E-state index contributed by atoms with van der Waals surface area (Å²) in [6.45, 7) is 7.29. The molecule has 1 atom stereocenters. The number of hydrogen-bond acceptors (Lipinski definition) is 8. The molecule has 0 saturated carbocycles. The minimum atomic E-state index is 0.237. The molecule has 0 amide bonds. The Morgan fingerprint density at radius 3 is 2.60 bits per heavy atom. The van der Waals surface area contributed by atoms with E-state index >= 15 is 0 Å². The maximum atomic E-state index is 5.45. The average molecular weight is 281 g/mol. The summed E-state index contributed by atoms with van der Waals surface area (Å²) in [6, 6.07) is 0.237. The topological polar surface area (TPSA) is 101 Å². The fourth-order valence-corrected chi connectivity index (χ4v) is 2.18. The van der Waals surface area contributed by atoms with Crippen LogP contribution in [0.3, 0.4) is 0 Å². The Hall–Kier alpha value is -1.67. The van der Waals surface area contributed by atoms with Crippen LogP contribution >= 0.6 is 0 Å². The lowest BCUT2D eigenvalue weighted by atomic mass is 10.1. The third kappa shape index (κ3) is 3.67. The molecule has 1 aromatic heterocycles. The van der Waals surface area contributed by atoms with Crippen molar-refractivity contribution in [3.05, 3.63) is 0 Å². The van der Waals surface area contributed by atoms with Crippen LogP contribution in [0.25, 0.3) is 0 Å². The lowest BCUT2D eigenvalue weighted by molar-refractivity contribution is 0.0874. The Labute approximate surface area is 119 Å². The van der Waals surface area contributed by atoms with E-state index in [0.717, 1.165) is 32.5 Å². The molecule has 1 aliphatic heterocycles. The first-order valence-electron chi connectivity index (χ1n) is 7.08. The van der Waals surface area contributed by atoms with Crippen LogP contribution in [-0.4, -0.2) is 47.3 Å². The summed E-state index contributed by atoms with van der Waals surface area (Å²) in [4.78, 5) is 15.0. The SMILES string of the molecule is CCN(CC)c1nc(NN)nc(NC2CCCOC2)n1. The second kappa shape index (κ2) is 7.20. The monoisotopic (exact) mass is 281 g/mol. The van der Waals surface area contributed by atoms with E-state index in [1.54, 1.807) is 0 Å². The van der Waals surface area contributed by atoms with Gasteiger partial charge in [0, 0.05) is 19.7 Å². The van der Waals surface area contributed by atoms with E-state index in [2.05, 4.69) is 39.5 Å². The van der Waals surface area contributed by atoms with Crippen molar-refractivity contribution in [3.8, 4) is 0 Å². The summed E-state index contributed by atoms with van der Waals surface area (Å²) in [5.74, 6) is 6.95. The zero-order chi connectivity index (χ0) is 14.4. The fourth-order valence-electron chi connectivity index (χ4n) is 2.18. The molecule has 1 fully saturated rings. The van der Waals surface area contributed by atoms with Crippen molar-refractivity contribution in [2.45, 2.75) is 32.7 Å². The van der Waals surface area contributed by atoms with Gasteiger partial charge >= 0.3 is 0 Å². The molecule has 1 aliphatic rings. The molecule has 4 N–H and O–H groups in total. The average Bonchev–Trinajstić information content (AvgIpc) is 2.49. The third-order valence-electron chi connectivity index (χ3n) is 3.29. The minimum absolute atomic E-state index is 0.237. The molecule has 0 spiro atoms. The van der Waals surface area contributed by atoms with Crippen LogP contribution < -0.4 is 21.5 Å². The zero-order valence-corrected chi connectivity index (χ0v) is 12.1. The van der Waals surface area contributed by atoms with Gasteiger partial charge in [0.1, 0.15) is 0 Å². The van der Waals surface area contributed by atoms with Crippen molar-refractivity contribution in [3.63, 3.8) is 0 Å². The number of anilines is 3. The number of nitrogens with two attached hydrogens (primary N) is 1. The van der Waals surface area contributed by atoms with Gasteiger partial charge in [-0.3, -0.25) is 5.43 Å². The van der Waals surface area contributed by atoms with Gasteiger partial charge < -0.3 is 15.0 Å². The van der Waals surface area contributed by atoms with E-state index in [-0.39, 0.29) is 6.04 Å². The summed E-state index contributed by atoms with van der Waals surface area (Å²) in [5, 5.41) is 3.29. The van der Waals surface area contributed by atoms with E-state index in [0.29, 0.717) is 24.5 Å². The number of nitrogens with one attached hydrogen (secondary N) is 2. The van der Waals surface area contributed by atoms with Crippen LogP contribution in [0.15, 0.2) is 0 Å². The van der Waals surface area contributed by atoms with Crippen LogP contribution in [0, 0.1) is 0 Å². The molecule has 0 aliphatic carbocycles. The number of hydrogen-bond donors (Lipinski definition) is 3. The van der Waals surface area contributed by atoms with E-state index in [4.69, 9.17) is 10.6 Å². The quantitative estimate of drug-likeness (QED) is 0.514. The van der Waals surface area contributed by atoms with Gasteiger partial charge in [-0.1, -0.05) is 0 Å². The van der Waals surface area contributed by atoms with Crippen molar-refractivity contribution in [1.29, 1.82) is 0 Å². The Bertz CT molecular complexity index is 418. The van der Waals surface area contributed by atoms with Crippen molar-refractivity contribution in [2.24, 2.45) is 5.84 Å². The summed E-state index contributed by atoms with van der Waals surface area (Å²) in [5.41, 5.74) is 2.49. The molecule has 20 heavy (non-hydrogen) atoms. The Morgan fingerprint density at radius 2 is 2.00 bits per heavy atom. The molecule has 112 valence electrons. The van der Waals surface area contributed by atoms with Gasteiger partial charge in [0.15, 0.2) is 0 Å². The predicted octanol–water partition coefficient (Wildman–Crippen LogP) is 0.594. The molecule has 0 radical (unpaired) electrons. The van der Waals surface area contributed by atoms with E-state index < -0.39 is 0 Å². The fraction of sp³-hybridized carbons (Fsp3) is 0.750. The van der Waals surface area contributed by atoms with Gasteiger partial charge in [-0.15, -0.1) is 0 Å². The first kappa shape index (κ1) is 14.7. The number of ether oxygens (including phenoxy) is 1. The minimum Gasteiger partial charge on any atom is -0.379 e. The molecule has 8 nitrogen and oxygen atoms in total. The number of nitrogens with zero attached hydrogens (tertiary/aromatic N) is 4. The van der Waals surface area contributed by atoms with Crippen molar-refractivity contribution in [1.82, 2.24) is 15.0 Å². The van der Waals surface area contributed by atoms with Crippen LogP contribution in [0.2, 0.25) is 0 Å². The Morgan fingerprint density at radius 1 is 1.25 bits per heavy atom. The lowest BCUT2D eigenvalue weighted by Gasteiger charge is -2.24. The number of hydrazine groups is 1. The highest BCUT2D eigenvalue weighted by Gasteiger charge is 2.17. The van der Waals surface area contributed by atoms with Gasteiger partial charge in [0.05, 0.1) is 12.6 Å². The van der Waals surface area contributed by atoms with Gasteiger partial charge in [0.25, 0.3) is 0 Å². The summed E-state index contributed by atoms with van der Waals surface area (Å²) >= 11 is 0. The molecule has 2 heterocycles. The highest BCUT2D eigenvalue weighted by atomic mass is 16.5. The standard InChI is InChI=1S/C12H23N7O/c1-3-19(4-2)12-16-10(15-11(17-12)18-13)14-9-6-5-7-20-8-9/h9H,3-8,13H2,1-2H3,(H2,14,15,16,17,18). The first-order chi connectivity index (χ1) is 9.76. The number of rotatable bonds is 6. The van der Waals surface area contributed by atoms with Crippen molar-refractivity contribution >= 4 is 17.8 Å². The molecule has 1 saturated heterocycles. The largest absolute Gasteiger partial charge is 0.379 e. The molecule has 2 rings (SSSR count). The van der Waals surface area contributed by atoms with Gasteiger partial charge in [-0.05, 0) is 26.7 Å². The van der Waals surface area contributed by atoms with Crippen LogP contribution in [-0.2, 0) is 4.74 Å². The van der Waals surface area contributed by atoms with Crippen molar-refractivity contribution in [2.75, 3.05) is 41.9 Å². The molecule has 8 heteroatoms. The highest BCUT2D eigenvalue weighted by Crippen LogP contribution is 2.16. The van der Waals surface area contributed by atoms with Gasteiger partial charge in [0.2, 0.25) is 17.8 Å². The molecule has 1 aromatic rings. The van der Waals surface area contributed by atoms with E-state index in [9.17, 15) is 0 Å². The van der Waals surface area contributed by atoms with Gasteiger partial charge in [-0.2, -0.15) is 15.0 Å². The molecule has 0 aromatic carbocycles. The maximum absolute atomic E-state index is 5.45. The molecular weight excluding hydrogens is 258 g/mol. The molecular formula is C12H23N7O. The van der Waals surface area contributed by atoms with Crippen LogP contribution in [0.1, 0.15) is 26.7 Å². The van der Waals surface area contributed by atoms with E-state index in [1.165, 1.54) is 0 Å². The zero-order valence-electron chi connectivity index (χ0n) is 12.1. The smallest absolute Gasteiger partial charge is 0.243 e. The first-order valence-corrected chi connectivity index (χ1v) is 7.08. The van der Waals surface area contributed by atoms with Crippen LogP contribution in [0.5, 0.6) is 0 Å². The summed E-state index contributed by atoms with van der Waals surface area (Å²) in [6.07, 6.45) is 2.10. The Balaban J connectivity index is 2.16. The Kier molecular flexibility index (Phi) is 5.31. The number of nitrogen functional groups attached to an aromatic ring is 1. The second-order valence-electron chi connectivity index (χ2n) is 4.66. The summed E-state index contributed by atoms with van der Waals surface area (Å²) in [7, 11) is 0. The van der Waals surface area contributed by atoms with Gasteiger partial charge in [-0.25, -0.2) is 5.84 Å². The summed E-state index contributed by atoms with van der Waals surface area (Å²) < 4.78 is 5.45. The maximum Gasteiger partial charge on any atom is 0.243 e.